The molecule has 108 valence electrons. The minimum atomic E-state index is 0.578. The van der Waals surface area contributed by atoms with Crippen molar-refractivity contribution in [1.82, 2.24) is 19.6 Å². The molecule has 0 atom stereocenters. The van der Waals surface area contributed by atoms with Crippen LogP contribution in [0, 0.1) is 6.92 Å². The zero-order chi connectivity index (χ0) is 14.9. The summed E-state index contributed by atoms with van der Waals surface area (Å²) in [6.45, 7) is 2.01. The van der Waals surface area contributed by atoms with Gasteiger partial charge in [-0.15, -0.1) is 5.10 Å². The number of hydrogen-bond acceptors (Lipinski definition) is 5. The molecule has 0 saturated heterocycles. The Kier molecular flexibility index (Phi) is 3.08. The molecule has 0 saturated carbocycles. The molecule has 1 aromatic carbocycles. The maximum atomic E-state index is 5.83. The molecule has 0 aliphatic heterocycles. The van der Waals surface area contributed by atoms with Crippen LogP contribution in [0.15, 0.2) is 55.0 Å². The van der Waals surface area contributed by atoms with Crippen LogP contribution in [0.5, 0.6) is 10.9 Å². The number of nitrogens with zero attached hydrogens (tertiary/aromatic N) is 4. The van der Waals surface area contributed by atoms with Gasteiger partial charge in [0, 0.05) is 18.0 Å². The molecule has 0 aliphatic carbocycles. The van der Waals surface area contributed by atoms with Crippen LogP contribution < -0.4 is 4.74 Å². The number of imidazole rings is 1. The van der Waals surface area contributed by atoms with Gasteiger partial charge in [-0.05, 0) is 42.0 Å². The van der Waals surface area contributed by atoms with E-state index in [0.717, 1.165) is 27.5 Å². The minimum Gasteiger partial charge on any atom is -0.430 e. The smallest absolute Gasteiger partial charge is 0.299 e. The zero-order valence-electron chi connectivity index (χ0n) is 11.8. The van der Waals surface area contributed by atoms with Gasteiger partial charge in [0.1, 0.15) is 5.75 Å². The summed E-state index contributed by atoms with van der Waals surface area (Å²) < 4.78 is 7.57. The highest BCUT2D eigenvalue weighted by atomic mass is 32.1. The van der Waals surface area contributed by atoms with E-state index in [1.54, 1.807) is 16.9 Å². The lowest BCUT2D eigenvalue weighted by Gasteiger charge is -2.03. The van der Waals surface area contributed by atoms with E-state index in [9.17, 15) is 0 Å². The van der Waals surface area contributed by atoms with E-state index in [1.165, 1.54) is 11.3 Å². The first-order chi connectivity index (χ1) is 10.8. The van der Waals surface area contributed by atoms with Crippen LogP contribution in [0.2, 0.25) is 0 Å². The Balaban J connectivity index is 1.66. The molecule has 4 aromatic rings. The van der Waals surface area contributed by atoms with E-state index in [-0.39, 0.29) is 0 Å². The summed E-state index contributed by atoms with van der Waals surface area (Å²) in [5.74, 6) is 0.812. The number of rotatable bonds is 3. The van der Waals surface area contributed by atoms with Crippen LogP contribution in [-0.4, -0.2) is 19.6 Å². The fraction of sp³-hybridized carbons (Fsp3) is 0.0625. The SMILES string of the molecule is Cc1ccccc1Oc1nn2cc(-c3cccnc3)nc2s1. The van der Waals surface area contributed by atoms with Gasteiger partial charge in [0.15, 0.2) is 0 Å². The Morgan fingerprint density at radius 1 is 1.14 bits per heavy atom. The highest BCUT2D eigenvalue weighted by Crippen LogP contribution is 2.30. The summed E-state index contributed by atoms with van der Waals surface area (Å²) in [6.07, 6.45) is 5.42. The summed E-state index contributed by atoms with van der Waals surface area (Å²) in [6, 6.07) is 11.7. The third-order valence-corrected chi connectivity index (χ3v) is 4.07. The molecular formula is C16H12N4OS. The average Bonchev–Trinajstić information content (AvgIpc) is 3.09. The van der Waals surface area contributed by atoms with Gasteiger partial charge in [-0.1, -0.05) is 18.2 Å². The van der Waals surface area contributed by atoms with Crippen molar-refractivity contribution in [3.05, 3.63) is 60.6 Å². The molecule has 0 bridgehead atoms. The highest BCUT2D eigenvalue weighted by molar-refractivity contribution is 7.18. The minimum absolute atomic E-state index is 0.578. The number of aromatic nitrogens is 4. The first-order valence-corrected chi connectivity index (χ1v) is 7.61. The van der Waals surface area contributed by atoms with E-state index >= 15 is 0 Å². The predicted octanol–water partition coefficient (Wildman–Crippen LogP) is 3.95. The maximum Gasteiger partial charge on any atom is 0.299 e. The van der Waals surface area contributed by atoms with Crippen molar-refractivity contribution in [2.45, 2.75) is 6.92 Å². The van der Waals surface area contributed by atoms with E-state index in [0.29, 0.717) is 5.19 Å². The molecular weight excluding hydrogens is 296 g/mol. The lowest BCUT2D eigenvalue weighted by Crippen LogP contribution is -1.88. The lowest BCUT2D eigenvalue weighted by molar-refractivity contribution is 0.467. The molecule has 0 fully saturated rings. The number of fused-ring (bicyclic) bond motifs is 1. The number of hydrogen-bond donors (Lipinski definition) is 0. The third kappa shape index (κ3) is 2.33. The molecule has 0 radical (unpaired) electrons. The van der Waals surface area contributed by atoms with Gasteiger partial charge in [-0.25, -0.2) is 9.50 Å². The molecule has 3 aromatic heterocycles. The fourth-order valence-electron chi connectivity index (χ4n) is 2.14. The van der Waals surface area contributed by atoms with Crippen molar-refractivity contribution >= 4 is 16.3 Å². The van der Waals surface area contributed by atoms with E-state index in [1.807, 2.05) is 49.5 Å². The van der Waals surface area contributed by atoms with Crippen molar-refractivity contribution in [1.29, 1.82) is 0 Å². The van der Waals surface area contributed by atoms with Gasteiger partial charge in [0.2, 0.25) is 4.96 Å². The van der Waals surface area contributed by atoms with E-state index in [2.05, 4.69) is 15.1 Å². The number of para-hydroxylation sites is 1. The summed E-state index contributed by atoms with van der Waals surface area (Å²) in [5.41, 5.74) is 2.90. The second kappa shape index (κ2) is 5.23. The zero-order valence-corrected chi connectivity index (χ0v) is 12.6. The normalized spacial score (nSPS) is 11.0. The molecule has 4 rings (SSSR count). The number of pyridine rings is 1. The van der Waals surface area contributed by atoms with Crippen LogP contribution in [-0.2, 0) is 0 Å². The largest absolute Gasteiger partial charge is 0.430 e. The molecule has 6 heteroatoms. The Morgan fingerprint density at radius 2 is 2.05 bits per heavy atom. The third-order valence-electron chi connectivity index (χ3n) is 3.27. The summed E-state index contributed by atoms with van der Waals surface area (Å²) in [5, 5.41) is 5.00. The van der Waals surface area contributed by atoms with Crippen LogP contribution in [0.3, 0.4) is 0 Å². The Hall–Kier alpha value is -2.73. The Labute approximate surface area is 130 Å². The molecule has 3 heterocycles. The Morgan fingerprint density at radius 3 is 2.82 bits per heavy atom. The Bertz CT molecular complexity index is 898. The van der Waals surface area contributed by atoms with Crippen molar-refractivity contribution in [2.75, 3.05) is 0 Å². The molecule has 0 amide bonds. The van der Waals surface area contributed by atoms with Gasteiger partial charge in [0.25, 0.3) is 5.19 Å². The highest BCUT2D eigenvalue weighted by Gasteiger charge is 2.11. The van der Waals surface area contributed by atoms with Crippen molar-refractivity contribution in [3.63, 3.8) is 0 Å². The quantitative estimate of drug-likeness (QED) is 0.575. The van der Waals surface area contributed by atoms with Gasteiger partial charge in [-0.2, -0.15) is 0 Å². The van der Waals surface area contributed by atoms with Crippen molar-refractivity contribution < 1.29 is 4.74 Å². The molecule has 0 spiro atoms. The van der Waals surface area contributed by atoms with Crippen molar-refractivity contribution in [3.8, 4) is 22.2 Å². The van der Waals surface area contributed by atoms with Crippen LogP contribution in [0.1, 0.15) is 5.56 Å². The number of benzene rings is 1. The molecule has 0 unspecified atom stereocenters. The fourth-order valence-corrected chi connectivity index (χ4v) is 2.89. The van der Waals surface area contributed by atoms with Gasteiger partial charge in [0.05, 0.1) is 11.9 Å². The summed E-state index contributed by atoms with van der Waals surface area (Å²) in [7, 11) is 0. The second-order valence-electron chi connectivity index (χ2n) is 4.83. The standard InChI is InChI=1S/C16H12N4OS/c1-11-5-2-3-7-14(11)21-16-19-20-10-13(18-15(20)22-16)12-6-4-8-17-9-12/h2-10H,1H3. The average molecular weight is 308 g/mol. The van der Waals surface area contributed by atoms with Crippen molar-refractivity contribution in [2.24, 2.45) is 0 Å². The maximum absolute atomic E-state index is 5.83. The summed E-state index contributed by atoms with van der Waals surface area (Å²) >= 11 is 1.41. The number of ether oxygens (including phenoxy) is 1. The van der Waals surface area contributed by atoms with Crippen LogP contribution in [0.4, 0.5) is 0 Å². The molecule has 5 nitrogen and oxygen atoms in total. The van der Waals surface area contributed by atoms with E-state index in [4.69, 9.17) is 4.74 Å². The van der Waals surface area contributed by atoms with E-state index < -0.39 is 0 Å². The summed E-state index contributed by atoms with van der Waals surface area (Å²) in [4.78, 5) is 9.47. The van der Waals surface area contributed by atoms with Gasteiger partial charge in [-0.3, -0.25) is 4.98 Å². The molecule has 0 aliphatic rings. The lowest BCUT2D eigenvalue weighted by atomic mass is 10.2. The first-order valence-electron chi connectivity index (χ1n) is 6.80. The van der Waals surface area contributed by atoms with Crippen LogP contribution >= 0.6 is 11.3 Å². The monoisotopic (exact) mass is 308 g/mol. The predicted molar refractivity (Wildman–Crippen MR) is 85.3 cm³/mol. The molecule has 0 N–H and O–H groups in total. The first kappa shape index (κ1) is 13.0. The van der Waals surface area contributed by atoms with Crippen LogP contribution in [0.25, 0.3) is 16.2 Å². The van der Waals surface area contributed by atoms with Gasteiger partial charge < -0.3 is 4.74 Å². The number of aryl methyl sites for hydroxylation is 1. The second-order valence-corrected chi connectivity index (χ2v) is 5.75. The molecule has 22 heavy (non-hydrogen) atoms. The van der Waals surface area contributed by atoms with Gasteiger partial charge >= 0.3 is 0 Å². The topological polar surface area (TPSA) is 52.3 Å².